The highest BCUT2D eigenvalue weighted by Crippen LogP contribution is 2.13. The molecule has 96 valence electrons. The van der Waals surface area contributed by atoms with E-state index in [0.717, 1.165) is 6.07 Å². The lowest BCUT2D eigenvalue weighted by Gasteiger charge is -2.11. The van der Waals surface area contributed by atoms with Gasteiger partial charge < -0.3 is 4.74 Å². The van der Waals surface area contributed by atoms with Gasteiger partial charge in [-0.15, -0.1) is 0 Å². The van der Waals surface area contributed by atoms with Gasteiger partial charge in [0.1, 0.15) is 10.7 Å². The van der Waals surface area contributed by atoms with Crippen molar-refractivity contribution in [3.63, 3.8) is 0 Å². The van der Waals surface area contributed by atoms with Crippen LogP contribution in [0.15, 0.2) is 29.2 Å². The summed E-state index contributed by atoms with van der Waals surface area (Å²) in [5.74, 6) is -0.766. The predicted molar refractivity (Wildman–Crippen MR) is 66.2 cm³/mol. The predicted octanol–water partition coefficient (Wildman–Crippen LogP) is 1.51. The Morgan fingerprint density at radius 1 is 1.47 bits per heavy atom. The number of alkyl halides is 1. The Morgan fingerprint density at radius 2 is 2.12 bits per heavy atom. The first-order chi connectivity index (χ1) is 7.97. The summed E-state index contributed by atoms with van der Waals surface area (Å²) in [6.45, 7) is 0.490. The summed E-state index contributed by atoms with van der Waals surface area (Å²) in [6.07, 6.45) is 0. The molecule has 7 heteroatoms. The van der Waals surface area contributed by atoms with E-state index in [0.29, 0.717) is 6.61 Å². The lowest BCUT2D eigenvalue weighted by atomic mass is 10.4. The normalized spacial score (nSPS) is 13.6. The molecule has 1 rings (SSSR count). The van der Waals surface area contributed by atoms with Crippen LogP contribution in [0.2, 0.25) is 0 Å². The molecule has 0 amide bonds. The van der Waals surface area contributed by atoms with E-state index in [1.165, 1.54) is 25.3 Å². The highest BCUT2D eigenvalue weighted by Gasteiger charge is 2.19. The average Bonchev–Trinajstić information content (AvgIpc) is 2.27. The van der Waals surface area contributed by atoms with Gasteiger partial charge in [0.2, 0.25) is 10.0 Å². The molecule has 0 aliphatic heterocycles. The number of nitrogens with one attached hydrogen (secondary N) is 1. The second-order valence-corrected chi connectivity index (χ2v) is 6.37. The summed E-state index contributed by atoms with van der Waals surface area (Å²) >= 11 is 3.24. The van der Waals surface area contributed by atoms with Crippen LogP contribution in [-0.4, -0.2) is 33.5 Å². The van der Waals surface area contributed by atoms with Gasteiger partial charge in [-0.05, 0) is 12.1 Å². The summed E-state index contributed by atoms with van der Waals surface area (Å²) in [5.41, 5.74) is 0. The number of hydrogen-bond donors (Lipinski definition) is 1. The number of sulfonamides is 1. The molecule has 1 aromatic carbocycles. The van der Waals surface area contributed by atoms with Crippen LogP contribution in [0.5, 0.6) is 0 Å². The Bertz CT molecular complexity index is 466. The Hall–Kier alpha value is -0.500. The fraction of sp³-hybridized carbons (Fsp3) is 0.400. The minimum atomic E-state index is -3.81. The number of hydrogen-bond acceptors (Lipinski definition) is 3. The lowest BCUT2D eigenvalue weighted by molar-refractivity contribution is 0.201. The molecule has 1 N–H and O–H groups in total. The third-order valence-electron chi connectivity index (χ3n) is 1.97. The van der Waals surface area contributed by atoms with Crippen LogP contribution in [0.25, 0.3) is 0 Å². The number of ether oxygens (including phenoxy) is 1. The molecule has 0 saturated carbocycles. The fourth-order valence-electron chi connectivity index (χ4n) is 1.18. The molecule has 0 heterocycles. The number of benzene rings is 1. The average molecular weight is 326 g/mol. The van der Waals surface area contributed by atoms with E-state index in [1.54, 1.807) is 0 Å². The summed E-state index contributed by atoms with van der Waals surface area (Å²) < 4.78 is 43.9. The van der Waals surface area contributed by atoms with Gasteiger partial charge in [-0.25, -0.2) is 17.5 Å². The SMILES string of the molecule is COCC(Br)CNS(=O)(=O)c1ccccc1F. The quantitative estimate of drug-likeness (QED) is 0.807. The molecular formula is C10H13BrFNO3S. The van der Waals surface area contributed by atoms with Gasteiger partial charge in [-0.1, -0.05) is 28.1 Å². The van der Waals surface area contributed by atoms with Crippen molar-refractivity contribution in [3.05, 3.63) is 30.1 Å². The number of methoxy groups -OCH3 is 1. The van der Waals surface area contributed by atoms with Crippen molar-refractivity contribution in [3.8, 4) is 0 Å². The van der Waals surface area contributed by atoms with Gasteiger partial charge in [-0.2, -0.15) is 0 Å². The van der Waals surface area contributed by atoms with Crippen LogP contribution in [-0.2, 0) is 14.8 Å². The molecule has 0 aliphatic carbocycles. The number of rotatable bonds is 6. The van der Waals surface area contributed by atoms with Crippen molar-refractivity contribution in [1.29, 1.82) is 0 Å². The van der Waals surface area contributed by atoms with E-state index < -0.39 is 15.8 Å². The third kappa shape index (κ3) is 4.34. The smallest absolute Gasteiger partial charge is 0.243 e. The molecule has 4 nitrogen and oxygen atoms in total. The highest BCUT2D eigenvalue weighted by atomic mass is 79.9. The zero-order valence-electron chi connectivity index (χ0n) is 9.19. The van der Waals surface area contributed by atoms with Crippen LogP contribution < -0.4 is 4.72 Å². The van der Waals surface area contributed by atoms with Crippen LogP contribution in [0.1, 0.15) is 0 Å². The van der Waals surface area contributed by atoms with Crippen molar-refractivity contribution in [2.45, 2.75) is 9.72 Å². The van der Waals surface area contributed by atoms with Crippen molar-refractivity contribution in [2.75, 3.05) is 20.3 Å². The topological polar surface area (TPSA) is 55.4 Å². The zero-order valence-corrected chi connectivity index (χ0v) is 11.6. The molecule has 0 aromatic heterocycles. The van der Waals surface area contributed by atoms with Crippen LogP contribution in [0, 0.1) is 5.82 Å². The Morgan fingerprint density at radius 3 is 2.71 bits per heavy atom. The van der Waals surface area contributed by atoms with E-state index in [2.05, 4.69) is 20.7 Å². The second kappa shape index (κ2) is 6.44. The Kier molecular flexibility index (Phi) is 5.51. The van der Waals surface area contributed by atoms with E-state index in [1.807, 2.05) is 0 Å². The molecule has 1 aromatic rings. The van der Waals surface area contributed by atoms with E-state index in [4.69, 9.17) is 4.74 Å². The molecule has 1 atom stereocenters. The fourth-order valence-corrected chi connectivity index (χ4v) is 2.98. The van der Waals surface area contributed by atoms with E-state index >= 15 is 0 Å². The molecule has 0 fully saturated rings. The first kappa shape index (κ1) is 14.6. The van der Waals surface area contributed by atoms with Gasteiger partial charge in [0.15, 0.2) is 0 Å². The first-order valence-electron chi connectivity index (χ1n) is 4.84. The minimum Gasteiger partial charge on any atom is -0.383 e. The summed E-state index contributed by atoms with van der Waals surface area (Å²) in [4.78, 5) is -0.508. The zero-order chi connectivity index (χ0) is 12.9. The Labute approximate surface area is 108 Å². The molecule has 1 unspecified atom stereocenters. The molecule has 0 radical (unpaired) electrons. The first-order valence-corrected chi connectivity index (χ1v) is 7.24. The maximum atomic E-state index is 13.3. The standard InChI is InChI=1S/C10H13BrFNO3S/c1-16-7-8(11)6-13-17(14,15)10-5-3-2-4-9(10)12/h2-5,8,13H,6-7H2,1H3. The highest BCUT2D eigenvalue weighted by molar-refractivity contribution is 9.09. The molecule has 0 spiro atoms. The van der Waals surface area contributed by atoms with Crippen LogP contribution in [0.4, 0.5) is 4.39 Å². The van der Waals surface area contributed by atoms with Crippen LogP contribution >= 0.6 is 15.9 Å². The number of halogens is 2. The van der Waals surface area contributed by atoms with Crippen molar-refractivity contribution in [2.24, 2.45) is 0 Å². The lowest BCUT2D eigenvalue weighted by Crippen LogP contribution is -2.32. The maximum Gasteiger partial charge on any atom is 0.243 e. The van der Waals surface area contributed by atoms with Gasteiger partial charge in [0.05, 0.1) is 11.4 Å². The summed E-state index contributed by atoms with van der Waals surface area (Å²) in [5, 5.41) is 0. The van der Waals surface area contributed by atoms with Gasteiger partial charge in [-0.3, -0.25) is 0 Å². The molecule has 17 heavy (non-hydrogen) atoms. The van der Waals surface area contributed by atoms with Crippen molar-refractivity contribution in [1.82, 2.24) is 4.72 Å². The minimum absolute atomic E-state index is 0.129. The van der Waals surface area contributed by atoms with Crippen molar-refractivity contribution < 1.29 is 17.5 Å². The largest absolute Gasteiger partial charge is 0.383 e. The molecular weight excluding hydrogens is 313 g/mol. The molecule has 0 saturated heterocycles. The molecule has 0 bridgehead atoms. The van der Waals surface area contributed by atoms with Gasteiger partial charge in [0.25, 0.3) is 0 Å². The van der Waals surface area contributed by atoms with Crippen molar-refractivity contribution >= 4 is 26.0 Å². The monoisotopic (exact) mass is 325 g/mol. The Balaban J connectivity index is 2.73. The second-order valence-electron chi connectivity index (χ2n) is 3.33. The van der Waals surface area contributed by atoms with Gasteiger partial charge >= 0.3 is 0 Å². The van der Waals surface area contributed by atoms with E-state index in [9.17, 15) is 12.8 Å². The van der Waals surface area contributed by atoms with Crippen LogP contribution in [0.3, 0.4) is 0 Å². The summed E-state index contributed by atoms with van der Waals surface area (Å²) in [7, 11) is -2.30. The third-order valence-corrected chi connectivity index (χ3v) is 4.01. The summed E-state index contributed by atoms with van der Waals surface area (Å²) in [6, 6.07) is 5.23. The molecule has 0 aliphatic rings. The van der Waals surface area contributed by atoms with Gasteiger partial charge in [0, 0.05) is 13.7 Å². The maximum absolute atomic E-state index is 13.3. The van der Waals surface area contributed by atoms with E-state index in [-0.39, 0.29) is 16.3 Å².